The van der Waals surface area contributed by atoms with E-state index in [4.69, 9.17) is 5.11 Å². The molecule has 0 amide bonds. The number of aliphatic hydroxyl groups is 1. The second kappa shape index (κ2) is 4.23. The average Bonchev–Trinajstić information content (AvgIpc) is 2.81. The molecule has 78 valence electrons. The van der Waals surface area contributed by atoms with Gasteiger partial charge in [-0.15, -0.1) is 0 Å². The largest absolute Gasteiger partial charge is 0.396 e. The fraction of sp³-hybridized carbons (Fsp3) is 0.273. The summed E-state index contributed by atoms with van der Waals surface area (Å²) < 4.78 is 1.71. The Kier molecular flexibility index (Phi) is 2.78. The zero-order chi connectivity index (χ0) is 10.7. The zero-order valence-electron chi connectivity index (χ0n) is 8.54. The van der Waals surface area contributed by atoms with Crippen molar-refractivity contribution < 1.29 is 5.11 Å². The number of aromatic nitrogens is 3. The van der Waals surface area contributed by atoms with Gasteiger partial charge in [-0.2, -0.15) is 5.10 Å². The minimum absolute atomic E-state index is 0.102. The van der Waals surface area contributed by atoms with Crippen molar-refractivity contribution in [2.24, 2.45) is 0 Å². The quantitative estimate of drug-likeness (QED) is 0.819. The van der Waals surface area contributed by atoms with Gasteiger partial charge < -0.3 is 5.11 Å². The SMILES string of the molecule is CC(CO)c1ccccc1-n1cncn1. The van der Waals surface area contributed by atoms with Gasteiger partial charge in [0.15, 0.2) is 0 Å². The van der Waals surface area contributed by atoms with Crippen molar-refractivity contribution in [2.45, 2.75) is 12.8 Å². The van der Waals surface area contributed by atoms with Gasteiger partial charge in [0.2, 0.25) is 0 Å². The van der Waals surface area contributed by atoms with Crippen molar-refractivity contribution in [2.75, 3.05) is 6.61 Å². The Bertz CT molecular complexity index is 425. The van der Waals surface area contributed by atoms with Gasteiger partial charge in [0, 0.05) is 12.5 Å². The summed E-state index contributed by atoms with van der Waals surface area (Å²) in [5.74, 6) is 0.102. The van der Waals surface area contributed by atoms with Crippen molar-refractivity contribution in [3.8, 4) is 5.69 Å². The summed E-state index contributed by atoms with van der Waals surface area (Å²) in [7, 11) is 0. The van der Waals surface area contributed by atoms with Gasteiger partial charge in [0.25, 0.3) is 0 Å². The lowest BCUT2D eigenvalue weighted by Crippen LogP contribution is -2.05. The molecule has 0 spiro atoms. The lowest BCUT2D eigenvalue weighted by Gasteiger charge is -2.13. The Morgan fingerprint density at radius 2 is 2.20 bits per heavy atom. The van der Waals surface area contributed by atoms with E-state index >= 15 is 0 Å². The molecule has 1 N–H and O–H groups in total. The van der Waals surface area contributed by atoms with Crippen LogP contribution in [0.4, 0.5) is 0 Å². The number of rotatable bonds is 3. The Morgan fingerprint density at radius 1 is 1.40 bits per heavy atom. The van der Waals surface area contributed by atoms with E-state index in [0.717, 1.165) is 11.3 Å². The molecule has 1 aromatic carbocycles. The maximum atomic E-state index is 9.16. The van der Waals surface area contributed by atoms with Gasteiger partial charge in [-0.05, 0) is 11.6 Å². The summed E-state index contributed by atoms with van der Waals surface area (Å²) in [5.41, 5.74) is 2.04. The summed E-state index contributed by atoms with van der Waals surface area (Å²) in [6.45, 7) is 2.11. The molecule has 4 heteroatoms. The van der Waals surface area contributed by atoms with E-state index in [0.29, 0.717) is 0 Å². The van der Waals surface area contributed by atoms with E-state index in [2.05, 4.69) is 10.1 Å². The first-order valence-corrected chi connectivity index (χ1v) is 4.87. The summed E-state index contributed by atoms with van der Waals surface area (Å²) in [6.07, 6.45) is 3.16. The second-order valence-corrected chi connectivity index (χ2v) is 3.48. The Morgan fingerprint density at radius 3 is 2.87 bits per heavy atom. The topological polar surface area (TPSA) is 50.9 Å². The monoisotopic (exact) mass is 203 g/mol. The number of benzene rings is 1. The molecular weight excluding hydrogens is 190 g/mol. The first-order chi connectivity index (χ1) is 7.33. The van der Waals surface area contributed by atoms with Crippen molar-refractivity contribution in [3.05, 3.63) is 42.5 Å². The molecule has 1 heterocycles. The lowest BCUT2D eigenvalue weighted by atomic mass is 10.0. The number of hydrogen-bond acceptors (Lipinski definition) is 3. The summed E-state index contributed by atoms with van der Waals surface area (Å²) in [4.78, 5) is 3.91. The van der Waals surface area contributed by atoms with E-state index < -0.39 is 0 Å². The van der Waals surface area contributed by atoms with Gasteiger partial charge in [-0.3, -0.25) is 0 Å². The first-order valence-electron chi connectivity index (χ1n) is 4.87. The third-order valence-corrected chi connectivity index (χ3v) is 2.41. The summed E-state index contributed by atoms with van der Waals surface area (Å²) in [6, 6.07) is 7.88. The van der Waals surface area contributed by atoms with Crippen LogP contribution in [0.1, 0.15) is 18.4 Å². The molecule has 2 rings (SSSR count). The van der Waals surface area contributed by atoms with Crippen LogP contribution in [-0.4, -0.2) is 26.5 Å². The highest BCUT2D eigenvalue weighted by Crippen LogP contribution is 2.21. The lowest BCUT2D eigenvalue weighted by molar-refractivity contribution is 0.273. The van der Waals surface area contributed by atoms with Crippen LogP contribution in [0.5, 0.6) is 0 Å². The standard InChI is InChI=1S/C11H13N3O/c1-9(6-15)10-4-2-3-5-11(10)14-8-12-7-13-14/h2-5,7-9,15H,6H2,1H3. The molecule has 15 heavy (non-hydrogen) atoms. The minimum Gasteiger partial charge on any atom is -0.396 e. The van der Waals surface area contributed by atoms with Crippen LogP contribution in [0.2, 0.25) is 0 Å². The molecule has 0 aliphatic heterocycles. The molecule has 1 aromatic heterocycles. The van der Waals surface area contributed by atoms with E-state index in [1.54, 1.807) is 11.0 Å². The highest BCUT2D eigenvalue weighted by molar-refractivity contribution is 5.41. The third-order valence-electron chi connectivity index (χ3n) is 2.41. The minimum atomic E-state index is 0.102. The van der Waals surface area contributed by atoms with Crippen molar-refractivity contribution >= 4 is 0 Å². The van der Waals surface area contributed by atoms with E-state index in [1.807, 2.05) is 31.2 Å². The molecular formula is C11H13N3O. The van der Waals surface area contributed by atoms with Crippen LogP contribution in [0, 0.1) is 0 Å². The fourth-order valence-corrected chi connectivity index (χ4v) is 1.54. The number of nitrogens with zero attached hydrogens (tertiary/aromatic N) is 3. The zero-order valence-corrected chi connectivity index (χ0v) is 8.54. The molecule has 2 aromatic rings. The Balaban J connectivity index is 2.47. The second-order valence-electron chi connectivity index (χ2n) is 3.48. The molecule has 0 fully saturated rings. The Labute approximate surface area is 88.2 Å². The molecule has 1 unspecified atom stereocenters. The van der Waals surface area contributed by atoms with Gasteiger partial charge in [-0.1, -0.05) is 25.1 Å². The third kappa shape index (κ3) is 1.89. The smallest absolute Gasteiger partial charge is 0.138 e. The normalized spacial score (nSPS) is 12.7. The molecule has 0 radical (unpaired) electrons. The molecule has 0 aliphatic carbocycles. The van der Waals surface area contributed by atoms with Crippen LogP contribution in [-0.2, 0) is 0 Å². The number of hydrogen-bond donors (Lipinski definition) is 1. The molecule has 0 bridgehead atoms. The van der Waals surface area contributed by atoms with Crippen LogP contribution >= 0.6 is 0 Å². The molecule has 4 nitrogen and oxygen atoms in total. The first kappa shape index (κ1) is 9.86. The maximum absolute atomic E-state index is 9.16. The van der Waals surface area contributed by atoms with Crippen molar-refractivity contribution in [3.63, 3.8) is 0 Å². The van der Waals surface area contributed by atoms with Gasteiger partial charge >= 0.3 is 0 Å². The maximum Gasteiger partial charge on any atom is 0.138 e. The van der Waals surface area contributed by atoms with E-state index in [-0.39, 0.29) is 12.5 Å². The predicted octanol–water partition coefficient (Wildman–Crippen LogP) is 1.36. The molecule has 1 atom stereocenters. The van der Waals surface area contributed by atoms with Crippen LogP contribution in [0.15, 0.2) is 36.9 Å². The number of para-hydroxylation sites is 1. The highest BCUT2D eigenvalue weighted by atomic mass is 16.3. The average molecular weight is 203 g/mol. The summed E-state index contributed by atoms with van der Waals surface area (Å²) >= 11 is 0. The number of aliphatic hydroxyl groups excluding tert-OH is 1. The van der Waals surface area contributed by atoms with E-state index in [1.165, 1.54) is 6.33 Å². The van der Waals surface area contributed by atoms with Gasteiger partial charge in [0.1, 0.15) is 12.7 Å². The molecule has 0 saturated carbocycles. The molecule has 0 saturated heterocycles. The van der Waals surface area contributed by atoms with Crippen LogP contribution in [0.3, 0.4) is 0 Å². The van der Waals surface area contributed by atoms with Crippen LogP contribution < -0.4 is 0 Å². The van der Waals surface area contributed by atoms with Crippen LogP contribution in [0.25, 0.3) is 5.69 Å². The van der Waals surface area contributed by atoms with Crippen molar-refractivity contribution in [1.29, 1.82) is 0 Å². The van der Waals surface area contributed by atoms with E-state index in [9.17, 15) is 0 Å². The fourth-order valence-electron chi connectivity index (χ4n) is 1.54. The molecule has 0 aliphatic rings. The Hall–Kier alpha value is -1.68. The van der Waals surface area contributed by atoms with Gasteiger partial charge in [0.05, 0.1) is 5.69 Å². The van der Waals surface area contributed by atoms with Gasteiger partial charge in [-0.25, -0.2) is 9.67 Å². The highest BCUT2D eigenvalue weighted by Gasteiger charge is 2.10. The summed E-state index contributed by atoms with van der Waals surface area (Å²) in [5, 5.41) is 13.3. The van der Waals surface area contributed by atoms with Crippen molar-refractivity contribution in [1.82, 2.24) is 14.8 Å². The predicted molar refractivity (Wildman–Crippen MR) is 56.9 cm³/mol.